The van der Waals surface area contributed by atoms with E-state index in [1.807, 2.05) is 30.3 Å². The van der Waals surface area contributed by atoms with Crippen LogP contribution in [0.1, 0.15) is 17.5 Å². The number of nitrogens with two attached hydrogens (primary N) is 1. The van der Waals surface area contributed by atoms with Crippen molar-refractivity contribution in [2.45, 2.75) is 24.4 Å². The molecular formula is C23H22N4O4. The molecule has 3 aliphatic heterocycles. The van der Waals surface area contributed by atoms with Crippen LogP contribution in [0.4, 0.5) is 5.69 Å². The molecule has 158 valence electrons. The summed E-state index contributed by atoms with van der Waals surface area (Å²) in [5.41, 5.74) is 6.26. The van der Waals surface area contributed by atoms with Crippen molar-refractivity contribution < 1.29 is 19.2 Å². The number of hydrogen-bond acceptors (Lipinski definition) is 5. The number of carbonyl (C=O) groups is 4. The number of anilines is 1. The lowest BCUT2D eigenvalue weighted by Crippen LogP contribution is -2.53. The second kappa shape index (κ2) is 7.02. The Kier molecular flexibility index (Phi) is 4.40. The third-order valence-corrected chi connectivity index (χ3v) is 6.60. The number of benzene rings is 2. The van der Waals surface area contributed by atoms with E-state index in [-0.39, 0.29) is 24.8 Å². The highest BCUT2D eigenvalue weighted by Gasteiger charge is 2.70. The molecule has 0 aliphatic carbocycles. The van der Waals surface area contributed by atoms with Gasteiger partial charge in [0, 0.05) is 30.3 Å². The van der Waals surface area contributed by atoms with Crippen LogP contribution >= 0.6 is 0 Å². The van der Waals surface area contributed by atoms with Gasteiger partial charge in [-0.3, -0.25) is 29.4 Å². The van der Waals surface area contributed by atoms with E-state index in [9.17, 15) is 19.2 Å². The molecule has 31 heavy (non-hydrogen) atoms. The zero-order chi connectivity index (χ0) is 21.8. The van der Waals surface area contributed by atoms with Crippen molar-refractivity contribution in [2.24, 2.45) is 17.6 Å². The summed E-state index contributed by atoms with van der Waals surface area (Å²) in [6.07, 6.45) is 0.380. The zero-order valence-corrected chi connectivity index (χ0v) is 16.7. The monoisotopic (exact) mass is 418 g/mol. The fourth-order valence-corrected chi connectivity index (χ4v) is 5.32. The molecule has 3 aliphatic rings. The van der Waals surface area contributed by atoms with Gasteiger partial charge in [0.1, 0.15) is 5.54 Å². The zero-order valence-electron chi connectivity index (χ0n) is 16.7. The Morgan fingerprint density at radius 2 is 1.71 bits per heavy atom. The lowest BCUT2D eigenvalue weighted by Gasteiger charge is -2.29. The molecule has 5 rings (SSSR count). The van der Waals surface area contributed by atoms with E-state index >= 15 is 0 Å². The maximum absolute atomic E-state index is 13.5. The first-order valence-corrected chi connectivity index (χ1v) is 10.3. The van der Waals surface area contributed by atoms with Gasteiger partial charge in [-0.2, -0.15) is 0 Å². The highest BCUT2D eigenvalue weighted by Crippen LogP contribution is 2.53. The summed E-state index contributed by atoms with van der Waals surface area (Å²) in [5, 5.41) is 6.00. The average Bonchev–Trinajstić information content (AvgIpc) is 3.32. The Labute approximate surface area is 178 Å². The number of imide groups is 1. The van der Waals surface area contributed by atoms with E-state index in [1.54, 1.807) is 24.3 Å². The maximum atomic E-state index is 13.5. The number of nitrogens with one attached hydrogen (secondary N) is 2. The Bertz CT molecular complexity index is 1100. The number of hydrogen-bond donors (Lipinski definition) is 3. The van der Waals surface area contributed by atoms with Gasteiger partial charge >= 0.3 is 0 Å². The van der Waals surface area contributed by atoms with Crippen LogP contribution < -0.4 is 16.4 Å². The van der Waals surface area contributed by atoms with Crippen molar-refractivity contribution in [3.63, 3.8) is 0 Å². The van der Waals surface area contributed by atoms with E-state index in [0.29, 0.717) is 17.7 Å². The largest absolute Gasteiger partial charge is 0.370 e. The summed E-state index contributed by atoms with van der Waals surface area (Å²) in [5.74, 6) is -3.49. The van der Waals surface area contributed by atoms with Crippen molar-refractivity contribution in [3.8, 4) is 0 Å². The molecule has 3 heterocycles. The molecule has 0 aromatic heterocycles. The molecule has 8 heteroatoms. The fourth-order valence-electron chi connectivity index (χ4n) is 5.32. The van der Waals surface area contributed by atoms with E-state index < -0.39 is 35.2 Å². The average molecular weight is 418 g/mol. The number of nitrogens with zero attached hydrogens (tertiary/aromatic N) is 1. The minimum atomic E-state index is -1.39. The Morgan fingerprint density at radius 1 is 1.00 bits per heavy atom. The molecule has 2 aromatic carbocycles. The normalized spacial score (nSPS) is 28.7. The molecule has 2 saturated heterocycles. The third-order valence-electron chi connectivity index (χ3n) is 6.60. The van der Waals surface area contributed by atoms with Gasteiger partial charge in [0.25, 0.3) is 0 Å². The molecule has 4 N–H and O–H groups in total. The van der Waals surface area contributed by atoms with Crippen LogP contribution in [0.15, 0.2) is 54.6 Å². The Morgan fingerprint density at radius 3 is 2.45 bits per heavy atom. The van der Waals surface area contributed by atoms with Crippen molar-refractivity contribution in [1.82, 2.24) is 10.2 Å². The van der Waals surface area contributed by atoms with Gasteiger partial charge in [-0.15, -0.1) is 0 Å². The van der Waals surface area contributed by atoms with Gasteiger partial charge < -0.3 is 11.1 Å². The highest BCUT2D eigenvalue weighted by atomic mass is 16.2. The van der Waals surface area contributed by atoms with E-state index in [1.165, 1.54) is 4.90 Å². The van der Waals surface area contributed by atoms with Crippen molar-refractivity contribution >= 4 is 29.3 Å². The molecular weight excluding hydrogens is 396 g/mol. The molecule has 0 saturated carbocycles. The first kappa shape index (κ1) is 19.4. The smallest absolute Gasteiger partial charge is 0.250 e. The van der Waals surface area contributed by atoms with Gasteiger partial charge in [-0.1, -0.05) is 48.5 Å². The predicted octanol–water partition coefficient (Wildman–Crippen LogP) is 0.525. The van der Waals surface area contributed by atoms with Crippen LogP contribution in [0.5, 0.6) is 0 Å². The number of primary amides is 1. The van der Waals surface area contributed by atoms with Crippen LogP contribution in [-0.4, -0.2) is 41.1 Å². The van der Waals surface area contributed by atoms with Crippen molar-refractivity contribution in [1.29, 1.82) is 0 Å². The van der Waals surface area contributed by atoms with E-state index in [4.69, 9.17) is 5.73 Å². The Hall–Kier alpha value is -3.52. The van der Waals surface area contributed by atoms with Crippen LogP contribution in [0.3, 0.4) is 0 Å². The van der Waals surface area contributed by atoms with Crippen LogP contribution in [0.2, 0.25) is 0 Å². The summed E-state index contributed by atoms with van der Waals surface area (Å²) in [6.45, 7) is 0.220. The van der Waals surface area contributed by atoms with Gasteiger partial charge in [-0.25, -0.2) is 0 Å². The maximum Gasteiger partial charge on any atom is 0.250 e. The minimum absolute atomic E-state index is 0.135. The van der Waals surface area contributed by atoms with Gasteiger partial charge in [-0.05, 0) is 18.1 Å². The standard InChI is InChI=1S/C23H22N4O4/c24-17(28)12-16-18-19(23(26-16)14-8-4-5-9-15(14)25-22(23)31)21(30)27(20(18)29)11-10-13-6-2-1-3-7-13/h1-9,16,18-19,26H,10-12H2,(H2,24,28)(H,25,31)/t16-,18+,19-,23-/m0/s1. The molecule has 0 radical (unpaired) electrons. The predicted molar refractivity (Wildman–Crippen MR) is 111 cm³/mol. The third kappa shape index (κ3) is 2.79. The van der Waals surface area contributed by atoms with Gasteiger partial charge in [0.2, 0.25) is 23.6 Å². The van der Waals surface area contributed by atoms with Crippen LogP contribution in [0, 0.1) is 11.8 Å². The topological polar surface area (TPSA) is 122 Å². The van der Waals surface area contributed by atoms with E-state index in [2.05, 4.69) is 10.6 Å². The lowest BCUT2D eigenvalue weighted by atomic mass is 9.76. The molecule has 2 fully saturated rings. The number of carbonyl (C=O) groups excluding carboxylic acids is 4. The Balaban J connectivity index is 1.53. The summed E-state index contributed by atoms with van der Waals surface area (Å²) in [7, 11) is 0. The molecule has 4 amide bonds. The number of para-hydroxylation sites is 1. The minimum Gasteiger partial charge on any atom is -0.370 e. The van der Waals surface area contributed by atoms with Crippen molar-refractivity contribution in [2.75, 3.05) is 11.9 Å². The van der Waals surface area contributed by atoms with Crippen molar-refractivity contribution in [3.05, 3.63) is 65.7 Å². The van der Waals surface area contributed by atoms with Crippen LogP contribution in [-0.2, 0) is 31.1 Å². The number of fused-ring (bicyclic) bond motifs is 4. The molecule has 2 aromatic rings. The summed E-state index contributed by atoms with van der Waals surface area (Å²) >= 11 is 0. The summed E-state index contributed by atoms with van der Waals surface area (Å²) in [6, 6.07) is 16.0. The van der Waals surface area contributed by atoms with Gasteiger partial charge in [0.15, 0.2) is 0 Å². The fraction of sp³-hybridized carbons (Fsp3) is 0.304. The SMILES string of the molecule is NC(=O)C[C@@H]1N[C@]2(C(=O)Nc3ccccc32)[C@@H]2C(=O)N(CCc3ccccc3)C(=O)[C@H]12. The molecule has 0 unspecified atom stereocenters. The molecule has 8 nitrogen and oxygen atoms in total. The number of amides is 4. The first-order valence-electron chi connectivity index (χ1n) is 10.3. The molecule has 1 spiro atoms. The van der Waals surface area contributed by atoms with Crippen LogP contribution in [0.25, 0.3) is 0 Å². The lowest BCUT2D eigenvalue weighted by molar-refractivity contribution is -0.142. The highest BCUT2D eigenvalue weighted by molar-refractivity contribution is 6.15. The second-order valence-electron chi connectivity index (χ2n) is 8.30. The molecule has 4 atom stereocenters. The quantitative estimate of drug-likeness (QED) is 0.612. The number of rotatable bonds is 5. The van der Waals surface area contributed by atoms with E-state index in [0.717, 1.165) is 5.56 Å². The first-order chi connectivity index (χ1) is 14.9. The summed E-state index contributed by atoms with van der Waals surface area (Å²) in [4.78, 5) is 53.1. The second-order valence-corrected chi connectivity index (χ2v) is 8.30. The molecule has 0 bridgehead atoms. The summed E-state index contributed by atoms with van der Waals surface area (Å²) < 4.78 is 0. The van der Waals surface area contributed by atoms with Gasteiger partial charge in [0.05, 0.1) is 11.8 Å². The number of likely N-dealkylation sites (tertiary alicyclic amines) is 1.